The lowest BCUT2D eigenvalue weighted by Crippen LogP contribution is -2.44. The molecule has 1 unspecified atom stereocenters. The quantitative estimate of drug-likeness (QED) is 0.518. The molecule has 0 saturated carbocycles. The highest BCUT2D eigenvalue weighted by atomic mass is 32.1. The number of hydrogen-bond acceptors (Lipinski definition) is 4. The predicted molar refractivity (Wildman–Crippen MR) is 127 cm³/mol. The third-order valence-electron chi connectivity index (χ3n) is 5.51. The van der Waals surface area contributed by atoms with Crippen molar-refractivity contribution in [1.29, 1.82) is 0 Å². The third kappa shape index (κ3) is 4.78. The van der Waals surface area contributed by atoms with Gasteiger partial charge in [-0.25, -0.2) is 4.39 Å². The fraction of sp³-hybridized carbons (Fsp3) is 0.240. The highest BCUT2D eigenvalue weighted by Crippen LogP contribution is 2.38. The molecule has 166 valence electrons. The second-order valence-corrected chi connectivity index (χ2v) is 7.81. The number of halogens is 1. The zero-order valence-electron chi connectivity index (χ0n) is 18.0. The van der Waals surface area contributed by atoms with E-state index in [1.165, 1.54) is 12.1 Å². The Morgan fingerprint density at radius 1 is 1.03 bits per heavy atom. The normalized spacial score (nSPS) is 15.0. The molecule has 4 rings (SSSR count). The minimum absolute atomic E-state index is 0.160. The maximum Gasteiger partial charge on any atom is 0.174 e. The highest BCUT2D eigenvalue weighted by molar-refractivity contribution is 7.80. The van der Waals surface area contributed by atoms with Crippen LogP contribution in [0.4, 0.5) is 10.1 Å². The summed E-state index contributed by atoms with van der Waals surface area (Å²) in [6.07, 6.45) is 0.805. The van der Waals surface area contributed by atoms with Gasteiger partial charge in [0.05, 0.1) is 20.3 Å². The molecule has 3 aromatic carbocycles. The smallest absolute Gasteiger partial charge is 0.174 e. The number of rotatable bonds is 6. The maximum atomic E-state index is 13.3. The van der Waals surface area contributed by atoms with Crippen molar-refractivity contribution in [3.8, 4) is 17.2 Å². The number of hydrogen-bond donors (Lipinski definition) is 1. The second-order valence-electron chi connectivity index (χ2n) is 7.43. The van der Waals surface area contributed by atoms with Crippen LogP contribution >= 0.6 is 12.2 Å². The zero-order valence-corrected chi connectivity index (χ0v) is 18.8. The van der Waals surface area contributed by atoms with Crippen LogP contribution in [0.5, 0.6) is 17.2 Å². The Bertz CT molecular complexity index is 1080. The molecule has 5 nitrogen and oxygen atoms in total. The Balaban J connectivity index is 1.64. The topological polar surface area (TPSA) is 43.0 Å². The van der Waals surface area contributed by atoms with Crippen molar-refractivity contribution in [2.75, 3.05) is 32.7 Å². The lowest BCUT2D eigenvalue weighted by molar-refractivity contribution is 0.190. The van der Waals surface area contributed by atoms with E-state index in [0.29, 0.717) is 29.0 Å². The number of para-hydroxylation sites is 1. The molecule has 1 N–H and O–H groups in total. The first-order chi connectivity index (χ1) is 15.6. The van der Waals surface area contributed by atoms with Crippen LogP contribution < -0.4 is 19.5 Å². The van der Waals surface area contributed by atoms with Gasteiger partial charge in [-0.3, -0.25) is 0 Å². The number of nitrogens with zero attached hydrogens (tertiary/aromatic N) is 1. The van der Waals surface area contributed by atoms with Crippen LogP contribution in [-0.2, 0) is 6.42 Å². The fourth-order valence-corrected chi connectivity index (χ4v) is 4.21. The summed E-state index contributed by atoms with van der Waals surface area (Å²) >= 11 is 5.77. The monoisotopic (exact) mass is 452 g/mol. The van der Waals surface area contributed by atoms with Crippen LogP contribution in [0.1, 0.15) is 17.2 Å². The van der Waals surface area contributed by atoms with Crippen molar-refractivity contribution in [1.82, 2.24) is 4.90 Å². The van der Waals surface area contributed by atoms with Crippen LogP contribution in [0.3, 0.4) is 0 Å². The van der Waals surface area contributed by atoms with Gasteiger partial charge in [0.25, 0.3) is 0 Å². The van der Waals surface area contributed by atoms with Gasteiger partial charge in [-0.05, 0) is 78.3 Å². The SMILES string of the molecule is COc1cc2c(cc1OC)C(COc1ccc(F)cc1)N(C(=S)Nc1ccccc1)CC2. The predicted octanol–water partition coefficient (Wildman–Crippen LogP) is 5.22. The number of ether oxygens (including phenoxy) is 3. The third-order valence-corrected chi connectivity index (χ3v) is 5.85. The molecule has 0 radical (unpaired) electrons. The van der Waals surface area contributed by atoms with Gasteiger partial charge in [0.1, 0.15) is 18.2 Å². The van der Waals surface area contributed by atoms with Gasteiger partial charge in [0, 0.05) is 12.2 Å². The lowest BCUT2D eigenvalue weighted by atomic mass is 9.92. The average molecular weight is 453 g/mol. The van der Waals surface area contributed by atoms with Crippen molar-refractivity contribution in [2.24, 2.45) is 0 Å². The minimum atomic E-state index is -0.299. The molecule has 0 bridgehead atoms. The standard InChI is InChI=1S/C25H25FN2O3S/c1-29-23-14-17-12-13-28(25(32)27-19-6-4-3-5-7-19)22(21(17)15-24(23)30-2)16-31-20-10-8-18(26)9-11-20/h3-11,14-15,22H,12-13,16H2,1-2H3,(H,27,32). The van der Waals surface area contributed by atoms with Gasteiger partial charge >= 0.3 is 0 Å². The molecule has 0 amide bonds. The molecule has 1 aliphatic rings. The van der Waals surface area contributed by atoms with Crippen molar-refractivity contribution in [2.45, 2.75) is 12.5 Å². The van der Waals surface area contributed by atoms with Crippen LogP contribution in [0.25, 0.3) is 0 Å². The van der Waals surface area contributed by atoms with E-state index in [1.807, 2.05) is 42.5 Å². The Morgan fingerprint density at radius 3 is 2.41 bits per heavy atom. The lowest BCUT2D eigenvalue weighted by Gasteiger charge is -2.39. The summed E-state index contributed by atoms with van der Waals surface area (Å²) in [6.45, 7) is 1.06. The molecule has 0 aliphatic carbocycles. The molecule has 0 aromatic heterocycles. The summed E-state index contributed by atoms with van der Waals surface area (Å²) < 4.78 is 30.4. The summed E-state index contributed by atoms with van der Waals surface area (Å²) in [5.41, 5.74) is 3.15. The summed E-state index contributed by atoms with van der Waals surface area (Å²) in [7, 11) is 3.25. The van der Waals surface area contributed by atoms with E-state index in [0.717, 1.165) is 29.8 Å². The molecular weight excluding hydrogens is 427 g/mol. The maximum absolute atomic E-state index is 13.3. The molecule has 1 atom stereocenters. The van der Waals surface area contributed by atoms with Crippen LogP contribution in [0.2, 0.25) is 0 Å². The number of thiocarbonyl (C=S) groups is 1. The Kier molecular flexibility index (Phi) is 6.75. The van der Waals surface area contributed by atoms with Crippen molar-refractivity contribution in [3.05, 3.63) is 83.7 Å². The van der Waals surface area contributed by atoms with Gasteiger partial charge in [-0.2, -0.15) is 0 Å². The zero-order chi connectivity index (χ0) is 22.5. The van der Waals surface area contributed by atoms with Gasteiger partial charge in [0.2, 0.25) is 0 Å². The molecule has 7 heteroatoms. The van der Waals surface area contributed by atoms with E-state index >= 15 is 0 Å². The Hall–Kier alpha value is -3.32. The van der Waals surface area contributed by atoms with Gasteiger partial charge in [-0.15, -0.1) is 0 Å². The number of fused-ring (bicyclic) bond motifs is 1. The summed E-state index contributed by atoms with van der Waals surface area (Å²) in [4.78, 5) is 2.13. The largest absolute Gasteiger partial charge is 0.493 e. The van der Waals surface area contributed by atoms with Crippen LogP contribution in [0.15, 0.2) is 66.7 Å². The summed E-state index contributed by atoms with van der Waals surface area (Å²) in [6, 6.07) is 19.7. The number of anilines is 1. The number of nitrogens with one attached hydrogen (secondary N) is 1. The van der Waals surface area contributed by atoms with Gasteiger partial charge < -0.3 is 24.4 Å². The van der Waals surface area contributed by atoms with E-state index in [9.17, 15) is 4.39 Å². The molecule has 32 heavy (non-hydrogen) atoms. The molecule has 1 heterocycles. The van der Waals surface area contributed by atoms with Crippen LogP contribution in [-0.4, -0.2) is 37.4 Å². The van der Waals surface area contributed by atoms with Crippen molar-refractivity contribution in [3.63, 3.8) is 0 Å². The van der Waals surface area contributed by atoms with Crippen molar-refractivity contribution >= 4 is 23.0 Å². The first-order valence-electron chi connectivity index (χ1n) is 10.3. The molecule has 0 fully saturated rings. The number of methoxy groups -OCH3 is 2. The first kappa shape index (κ1) is 21.9. The second kappa shape index (κ2) is 9.87. The van der Waals surface area contributed by atoms with E-state index in [4.69, 9.17) is 26.4 Å². The fourth-order valence-electron chi connectivity index (χ4n) is 3.87. The first-order valence-corrected chi connectivity index (χ1v) is 10.8. The summed E-state index contributed by atoms with van der Waals surface area (Å²) in [5, 5.41) is 3.94. The Morgan fingerprint density at radius 2 is 1.72 bits per heavy atom. The van der Waals surface area contributed by atoms with Crippen molar-refractivity contribution < 1.29 is 18.6 Å². The molecule has 0 saturated heterocycles. The van der Waals surface area contributed by atoms with Gasteiger partial charge in [-0.1, -0.05) is 18.2 Å². The average Bonchev–Trinajstić information content (AvgIpc) is 2.83. The van der Waals surface area contributed by atoms with E-state index in [2.05, 4.69) is 10.2 Å². The molecular formula is C25H25FN2O3S. The van der Waals surface area contributed by atoms with E-state index in [1.54, 1.807) is 26.4 Å². The molecule has 3 aromatic rings. The van der Waals surface area contributed by atoms with E-state index in [-0.39, 0.29) is 11.9 Å². The molecule has 1 aliphatic heterocycles. The van der Waals surface area contributed by atoms with Gasteiger partial charge in [0.15, 0.2) is 16.6 Å². The Labute approximate surface area is 192 Å². The van der Waals surface area contributed by atoms with Crippen LogP contribution in [0, 0.1) is 5.82 Å². The summed E-state index contributed by atoms with van der Waals surface area (Å²) in [5.74, 6) is 1.65. The number of benzene rings is 3. The highest BCUT2D eigenvalue weighted by Gasteiger charge is 2.31. The van der Waals surface area contributed by atoms with E-state index < -0.39 is 0 Å². The minimum Gasteiger partial charge on any atom is -0.493 e. The molecule has 0 spiro atoms.